The normalized spacial score (nSPS) is 20.8. The van der Waals surface area contributed by atoms with E-state index in [2.05, 4.69) is 5.32 Å². The van der Waals surface area contributed by atoms with Crippen LogP contribution >= 0.6 is 0 Å². The summed E-state index contributed by atoms with van der Waals surface area (Å²) in [6.07, 6.45) is 2.12. The summed E-state index contributed by atoms with van der Waals surface area (Å²) in [4.78, 5) is 24.1. The van der Waals surface area contributed by atoms with Gasteiger partial charge < -0.3 is 15.3 Å². The Kier molecular flexibility index (Phi) is 2.90. The third kappa shape index (κ3) is 2.47. The van der Waals surface area contributed by atoms with Crippen molar-refractivity contribution in [3.05, 3.63) is 0 Å². The van der Waals surface area contributed by atoms with Crippen LogP contribution in [0.25, 0.3) is 0 Å². The van der Waals surface area contributed by atoms with Crippen molar-refractivity contribution in [1.29, 1.82) is 0 Å². The van der Waals surface area contributed by atoms with E-state index in [1.165, 1.54) is 0 Å². The Labute approximate surface area is 88.4 Å². The zero-order valence-electron chi connectivity index (χ0n) is 8.61. The number of carboxylic acids is 1. The molecule has 1 saturated carbocycles. The first-order valence-corrected chi connectivity index (χ1v) is 5.41. The van der Waals surface area contributed by atoms with E-state index in [4.69, 9.17) is 5.11 Å². The largest absolute Gasteiger partial charge is 0.481 e. The number of carbonyl (C=O) groups is 2. The Hall–Kier alpha value is -1.10. The number of nitrogens with zero attached hydrogens (tertiary/aromatic N) is 1. The number of nitrogens with one attached hydrogen (secondary N) is 1. The molecule has 2 N–H and O–H groups in total. The van der Waals surface area contributed by atoms with Crippen molar-refractivity contribution >= 4 is 11.9 Å². The highest BCUT2D eigenvalue weighted by atomic mass is 16.4. The molecule has 0 radical (unpaired) electrons. The molecule has 0 unspecified atom stereocenters. The van der Waals surface area contributed by atoms with E-state index < -0.39 is 5.97 Å². The van der Waals surface area contributed by atoms with Gasteiger partial charge in [0, 0.05) is 25.7 Å². The Morgan fingerprint density at radius 3 is 2.40 bits per heavy atom. The van der Waals surface area contributed by atoms with Crippen molar-refractivity contribution in [2.24, 2.45) is 5.92 Å². The highest BCUT2D eigenvalue weighted by Gasteiger charge is 2.37. The van der Waals surface area contributed by atoms with Gasteiger partial charge in [0.1, 0.15) is 0 Å². The van der Waals surface area contributed by atoms with Crippen LogP contribution in [0, 0.1) is 5.92 Å². The lowest BCUT2D eigenvalue weighted by Crippen LogP contribution is -2.52. The summed E-state index contributed by atoms with van der Waals surface area (Å²) in [5.74, 6) is -0.614. The van der Waals surface area contributed by atoms with Gasteiger partial charge in [-0.15, -0.1) is 0 Å². The first kappa shape index (κ1) is 10.4. The molecule has 1 amide bonds. The van der Waals surface area contributed by atoms with E-state index in [1.54, 1.807) is 4.90 Å². The molecular formula is C10H16N2O3. The lowest BCUT2D eigenvalue weighted by atomic mass is 10.0. The summed E-state index contributed by atoms with van der Waals surface area (Å²) >= 11 is 0. The molecule has 0 aromatic heterocycles. The lowest BCUT2D eigenvalue weighted by Gasteiger charge is -2.32. The highest BCUT2D eigenvalue weighted by Crippen LogP contribution is 2.28. The third-order valence-electron chi connectivity index (χ3n) is 2.97. The lowest BCUT2D eigenvalue weighted by molar-refractivity contribution is -0.140. The second-order valence-corrected chi connectivity index (χ2v) is 4.26. The van der Waals surface area contributed by atoms with Gasteiger partial charge in [-0.05, 0) is 12.8 Å². The average molecular weight is 212 g/mol. The molecule has 15 heavy (non-hydrogen) atoms. The van der Waals surface area contributed by atoms with Crippen molar-refractivity contribution in [1.82, 2.24) is 10.2 Å². The molecule has 0 aromatic carbocycles. The van der Waals surface area contributed by atoms with E-state index in [-0.39, 0.29) is 18.2 Å². The first-order valence-electron chi connectivity index (χ1n) is 5.41. The summed E-state index contributed by atoms with van der Waals surface area (Å²) in [5.41, 5.74) is 0. The molecule has 2 aliphatic rings. The molecule has 5 nitrogen and oxygen atoms in total. The van der Waals surface area contributed by atoms with E-state index in [0.29, 0.717) is 12.6 Å². The second-order valence-electron chi connectivity index (χ2n) is 4.26. The van der Waals surface area contributed by atoms with Crippen molar-refractivity contribution in [2.45, 2.75) is 25.3 Å². The number of carbonyl (C=O) groups excluding carboxylic acids is 1. The number of carboxylic acid groups (broad SMARTS) is 1. The van der Waals surface area contributed by atoms with Gasteiger partial charge in [0.05, 0.1) is 12.3 Å². The minimum absolute atomic E-state index is 0.0579. The molecule has 0 bridgehead atoms. The van der Waals surface area contributed by atoms with Crippen LogP contribution in [0.15, 0.2) is 0 Å². The van der Waals surface area contributed by atoms with Gasteiger partial charge in [-0.2, -0.15) is 0 Å². The molecule has 5 heteroatoms. The maximum absolute atomic E-state index is 11.9. The maximum Gasteiger partial charge on any atom is 0.305 e. The predicted molar refractivity (Wildman–Crippen MR) is 53.3 cm³/mol. The van der Waals surface area contributed by atoms with Gasteiger partial charge in [-0.25, -0.2) is 0 Å². The monoisotopic (exact) mass is 212 g/mol. The van der Waals surface area contributed by atoms with Crippen LogP contribution in [0.2, 0.25) is 0 Å². The molecule has 1 aliphatic carbocycles. The number of aliphatic carboxylic acids is 1. The molecule has 0 spiro atoms. The van der Waals surface area contributed by atoms with Crippen LogP contribution in [-0.4, -0.2) is 47.6 Å². The summed E-state index contributed by atoms with van der Waals surface area (Å²) in [7, 11) is 0. The summed E-state index contributed by atoms with van der Waals surface area (Å²) in [6, 6.07) is 0.317. The highest BCUT2D eigenvalue weighted by molar-refractivity contribution is 5.81. The zero-order valence-corrected chi connectivity index (χ0v) is 8.61. The van der Waals surface area contributed by atoms with Gasteiger partial charge in [0.25, 0.3) is 0 Å². The Balaban J connectivity index is 1.86. The molecule has 1 saturated heterocycles. The number of rotatable bonds is 5. The van der Waals surface area contributed by atoms with Crippen LogP contribution in [0.4, 0.5) is 0 Å². The smallest absolute Gasteiger partial charge is 0.305 e. The minimum atomic E-state index is -0.833. The second kappa shape index (κ2) is 4.18. The molecule has 0 atom stereocenters. The molecule has 1 aliphatic heterocycles. The fourth-order valence-corrected chi connectivity index (χ4v) is 1.77. The summed E-state index contributed by atoms with van der Waals surface area (Å²) < 4.78 is 0. The number of hydrogen-bond acceptors (Lipinski definition) is 3. The van der Waals surface area contributed by atoms with Gasteiger partial charge in [-0.1, -0.05) is 0 Å². The van der Waals surface area contributed by atoms with Crippen molar-refractivity contribution < 1.29 is 14.7 Å². The van der Waals surface area contributed by atoms with Crippen LogP contribution < -0.4 is 5.32 Å². The van der Waals surface area contributed by atoms with E-state index in [0.717, 1.165) is 25.9 Å². The molecule has 2 fully saturated rings. The SMILES string of the molecule is O=C(O)CCN(C(=O)C1CNC1)C1CC1. The van der Waals surface area contributed by atoms with E-state index in [1.807, 2.05) is 0 Å². The predicted octanol–water partition coefficient (Wildman–Crippen LogP) is -0.329. The fraction of sp³-hybridized carbons (Fsp3) is 0.800. The van der Waals surface area contributed by atoms with E-state index in [9.17, 15) is 9.59 Å². The molecule has 84 valence electrons. The van der Waals surface area contributed by atoms with Gasteiger partial charge >= 0.3 is 5.97 Å². The van der Waals surface area contributed by atoms with Crippen molar-refractivity contribution in [2.75, 3.05) is 19.6 Å². The Morgan fingerprint density at radius 1 is 1.33 bits per heavy atom. The zero-order chi connectivity index (χ0) is 10.8. The van der Waals surface area contributed by atoms with Crippen LogP contribution in [0.3, 0.4) is 0 Å². The number of hydrogen-bond donors (Lipinski definition) is 2. The quantitative estimate of drug-likeness (QED) is 0.655. The topological polar surface area (TPSA) is 69.6 Å². The molecule has 0 aromatic rings. The average Bonchev–Trinajstić information content (AvgIpc) is 2.84. The van der Waals surface area contributed by atoms with Gasteiger partial charge in [-0.3, -0.25) is 9.59 Å². The third-order valence-corrected chi connectivity index (χ3v) is 2.97. The van der Waals surface area contributed by atoms with Crippen molar-refractivity contribution in [3.63, 3.8) is 0 Å². The van der Waals surface area contributed by atoms with Gasteiger partial charge in [0.15, 0.2) is 0 Å². The van der Waals surface area contributed by atoms with Crippen LogP contribution in [0.1, 0.15) is 19.3 Å². The molecule has 2 rings (SSSR count). The van der Waals surface area contributed by atoms with Gasteiger partial charge in [0.2, 0.25) is 5.91 Å². The molecular weight excluding hydrogens is 196 g/mol. The first-order chi connectivity index (χ1) is 7.18. The standard InChI is InChI=1S/C10H16N2O3/c13-9(14)3-4-12(8-1-2-8)10(15)7-5-11-6-7/h7-8,11H,1-6H2,(H,13,14). The fourth-order valence-electron chi connectivity index (χ4n) is 1.77. The minimum Gasteiger partial charge on any atom is -0.481 e. The van der Waals surface area contributed by atoms with Crippen LogP contribution in [-0.2, 0) is 9.59 Å². The summed E-state index contributed by atoms with van der Waals surface area (Å²) in [5, 5.41) is 11.7. The summed E-state index contributed by atoms with van der Waals surface area (Å²) in [6.45, 7) is 1.86. The Morgan fingerprint density at radius 2 is 2.00 bits per heavy atom. The molecule has 1 heterocycles. The van der Waals surface area contributed by atoms with Crippen LogP contribution in [0.5, 0.6) is 0 Å². The maximum atomic E-state index is 11.9. The number of amides is 1. The van der Waals surface area contributed by atoms with E-state index >= 15 is 0 Å². The van der Waals surface area contributed by atoms with Crippen molar-refractivity contribution in [3.8, 4) is 0 Å². The Bertz CT molecular complexity index is 272.